The van der Waals surface area contributed by atoms with Gasteiger partial charge in [-0.3, -0.25) is 0 Å². The van der Waals surface area contributed by atoms with Crippen LogP contribution in [0.15, 0.2) is 46.9 Å². The minimum absolute atomic E-state index is 0.231. The summed E-state index contributed by atoms with van der Waals surface area (Å²) in [6, 6.07) is 12.6. The van der Waals surface area contributed by atoms with Gasteiger partial charge in [0.15, 0.2) is 12.2 Å². The standard InChI is InChI=1S/C14H11ClN2O2/c15-11-5-2-6-12-14(11)19-13(17-12)8-18-10-4-1-3-9(16)7-10/h1-7H,8,16H2. The number of halogens is 1. The van der Waals surface area contributed by atoms with Gasteiger partial charge in [-0.05, 0) is 24.3 Å². The van der Waals surface area contributed by atoms with Crippen LogP contribution in [0.3, 0.4) is 0 Å². The summed E-state index contributed by atoms with van der Waals surface area (Å²) in [4.78, 5) is 4.30. The van der Waals surface area contributed by atoms with Crippen LogP contribution in [0, 0.1) is 0 Å². The second kappa shape index (κ2) is 4.82. The van der Waals surface area contributed by atoms with Crippen molar-refractivity contribution >= 4 is 28.4 Å². The molecule has 2 aromatic carbocycles. The van der Waals surface area contributed by atoms with Crippen molar-refractivity contribution in [3.63, 3.8) is 0 Å². The van der Waals surface area contributed by atoms with E-state index in [0.29, 0.717) is 27.9 Å². The average molecular weight is 275 g/mol. The van der Waals surface area contributed by atoms with Crippen LogP contribution in [0.2, 0.25) is 5.02 Å². The molecular formula is C14H11ClN2O2. The Bertz CT molecular complexity index is 724. The van der Waals surface area contributed by atoms with Gasteiger partial charge in [0.1, 0.15) is 11.3 Å². The second-order valence-electron chi connectivity index (χ2n) is 4.06. The Labute approximate surface area is 114 Å². The number of nitrogens with two attached hydrogens (primary N) is 1. The topological polar surface area (TPSA) is 61.3 Å². The van der Waals surface area contributed by atoms with Crippen LogP contribution < -0.4 is 10.5 Å². The summed E-state index contributed by atoms with van der Waals surface area (Å²) in [6.45, 7) is 0.231. The number of hydrogen-bond acceptors (Lipinski definition) is 4. The number of hydrogen-bond donors (Lipinski definition) is 1. The molecule has 0 fully saturated rings. The van der Waals surface area contributed by atoms with Crippen LogP contribution in [0.25, 0.3) is 11.1 Å². The molecular weight excluding hydrogens is 264 g/mol. The highest BCUT2D eigenvalue weighted by molar-refractivity contribution is 6.34. The maximum Gasteiger partial charge on any atom is 0.233 e. The number of para-hydroxylation sites is 1. The van der Waals surface area contributed by atoms with Crippen LogP contribution >= 0.6 is 11.6 Å². The van der Waals surface area contributed by atoms with E-state index < -0.39 is 0 Å². The predicted molar refractivity (Wildman–Crippen MR) is 74.2 cm³/mol. The molecule has 5 heteroatoms. The summed E-state index contributed by atoms with van der Waals surface area (Å²) in [6.07, 6.45) is 0. The Morgan fingerprint density at radius 3 is 2.84 bits per heavy atom. The van der Waals surface area contributed by atoms with Gasteiger partial charge in [0, 0.05) is 11.8 Å². The highest BCUT2D eigenvalue weighted by atomic mass is 35.5. The molecule has 3 rings (SSSR count). The number of fused-ring (bicyclic) bond motifs is 1. The molecule has 3 aromatic rings. The van der Waals surface area contributed by atoms with Gasteiger partial charge in [-0.2, -0.15) is 0 Å². The van der Waals surface area contributed by atoms with Gasteiger partial charge >= 0.3 is 0 Å². The second-order valence-corrected chi connectivity index (χ2v) is 4.46. The van der Waals surface area contributed by atoms with E-state index in [9.17, 15) is 0 Å². The minimum atomic E-state index is 0.231. The Kier molecular flexibility index (Phi) is 3.01. The minimum Gasteiger partial charge on any atom is -0.484 e. The maximum atomic E-state index is 6.02. The Balaban J connectivity index is 1.80. The first kappa shape index (κ1) is 11.9. The smallest absolute Gasteiger partial charge is 0.233 e. The van der Waals surface area contributed by atoms with Crippen molar-refractivity contribution < 1.29 is 9.15 Å². The first-order chi connectivity index (χ1) is 9.22. The number of rotatable bonds is 3. The van der Waals surface area contributed by atoms with E-state index in [-0.39, 0.29) is 6.61 Å². The molecule has 0 unspecified atom stereocenters. The summed E-state index contributed by atoms with van der Waals surface area (Å²) < 4.78 is 11.1. The number of ether oxygens (including phenoxy) is 1. The number of anilines is 1. The Morgan fingerprint density at radius 2 is 2.05 bits per heavy atom. The molecule has 4 nitrogen and oxygen atoms in total. The lowest BCUT2D eigenvalue weighted by molar-refractivity contribution is 0.267. The van der Waals surface area contributed by atoms with E-state index in [1.807, 2.05) is 24.3 Å². The molecule has 19 heavy (non-hydrogen) atoms. The van der Waals surface area contributed by atoms with Gasteiger partial charge in [-0.15, -0.1) is 0 Å². The average Bonchev–Trinajstić information content (AvgIpc) is 2.81. The monoisotopic (exact) mass is 274 g/mol. The lowest BCUT2D eigenvalue weighted by atomic mass is 10.3. The summed E-state index contributed by atoms with van der Waals surface area (Å²) in [7, 11) is 0. The van der Waals surface area contributed by atoms with Gasteiger partial charge in [-0.25, -0.2) is 4.98 Å². The maximum absolute atomic E-state index is 6.02. The molecule has 0 saturated carbocycles. The third-order valence-corrected chi connectivity index (χ3v) is 2.93. The molecule has 0 bridgehead atoms. The van der Waals surface area contributed by atoms with Crippen LogP contribution in [0.4, 0.5) is 5.69 Å². The Hall–Kier alpha value is -2.20. The van der Waals surface area contributed by atoms with Crippen molar-refractivity contribution in [2.75, 3.05) is 5.73 Å². The largest absolute Gasteiger partial charge is 0.484 e. The molecule has 2 N–H and O–H groups in total. The lowest BCUT2D eigenvalue weighted by Crippen LogP contribution is -1.96. The molecule has 0 radical (unpaired) electrons. The fourth-order valence-corrected chi connectivity index (χ4v) is 1.98. The Morgan fingerprint density at radius 1 is 1.21 bits per heavy atom. The molecule has 0 amide bonds. The number of aromatic nitrogens is 1. The number of benzene rings is 2. The van der Waals surface area contributed by atoms with Crippen molar-refractivity contribution in [1.82, 2.24) is 4.98 Å². The molecule has 96 valence electrons. The summed E-state index contributed by atoms with van der Waals surface area (Å²) in [5.74, 6) is 1.15. The van der Waals surface area contributed by atoms with Crippen LogP contribution in [-0.4, -0.2) is 4.98 Å². The van der Waals surface area contributed by atoms with Crippen LogP contribution in [-0.2, 0) is 6.61 Å². The van der Waals surface area contributed by atoms with Gasteiger partial charge < -0.3 is 14.9 Å². The highest BCUT2D eigenvalue weighted by Gasteiger charge is 2.09. The summed E-state index contributed by atoms with van der Waals surface area (Å²) >= 11 is 6.02. The molecule has 0 aliphatic heterocycles. The predicted octanol–water partition coefficient (Wildman–Crippen LogP) is 3.64. The first-order valence-corrected chi connectivity index (χ1v) is 6.12. The lowest BCUT2D eigenvalue weighted by Gasteiger charge is -2.03. The van der Waals surface area contributed by atoms with Gasteiger partial charge in [0.25, 0.3) is 0 Å². The molecule has 0 atom stereocenters. The van der Waals surface area contributed by atoms with Gasteiger partial charge in [-0.1, -0.05) is 23.7 Å². The molecule has 0 spiro atoms. The zero-order valence-electron chi connectivity index (χ0n) is 9.97. The summed E-state index contributed by atoms with van der Waals surface area (Å²) in [5.41, 5.74) is 7.62. The molecule has 0 aliphatic carbocycles. The van der Waals surface area contributed by atoms with Crippen LogP contribution in [0.1, 0.15) is 5.89 Å². The van der Waals surface area contributed by atoms with Gasteiger partial charge in [0.05, 0.1) is 5.02 Å². The van der Waals surface area contributed by atoms with Crippen molar-refractivity contribution in [3.05, 3.63) is 53.4 Å². The number of nitrogen functional groups attached to an aromatic ring is 1. The molecule has 0 saturated heterocycles. The first-order valence-electron chi connectivity index (χ1n) is 5.74. The number of oxazole rings is 1. The van der Waals surface area contributed by atoms with E-state index in [4.69, 9.17) is 26.5 Å². The fraction of sp³-hybridized carbons (Fsp3) is 0.0714. The van der Waals surface area contributed by atoms with Crippen molar-refractivity contribution in [3.8, 4) is 5.75 Å². The van der Waals surface area contributed by atoms with E-state index in [0.717, 1.165) is 5.52 Å². The van der Waals surface area contributed by atoms with Crippen molar-refractivity contribution in [2.24, 2.45) is 0 Å². The van der Waals surface area contributed by atoms with Gasteiger partial charge in [0.2, 0.25) is 5.89 Å². The molecule has 1 aromatic heterocycles. The third kappa shape index (κ3) is 2.48. The van der Waals surface area contributed by atoms with E-state index >= 15 is 0 Å². The number of nitrogens with zero attached hydrogens (tertiary/aromatic N) is 1. The van der Waals surface area contributed by atoms with Crippen LogP contribution in [0.5, 0.6) is 5.75 Å². The normalized spacial score (nSPS) is 10.8. The fourth-order valence-electron chi connectivity index (χ4n) is 1.77. The summed E-state index contributed by atoms with van der Waals surface area (Å²) in [5, 5.41) is 0.542. The SMILES string of the molecule is Nc1cccc(OCc2nc3cccc(Cl)c3o2)c1. The zero-order valence-corrected chi connectivity index (χ0v) is 10.7. The van der Waals surface area contributed by atoms with Crippen molar-refractivity contribution in [1.29, 1.82) is 0 Å². The van der Waals surface area contributed by atoms with E-state index in [2.05, 4.69) is 4.98 Å². The third-order valence-electron chi connectivity index (χ3n) is 2.63. The zero-order chi connectivity index (χ0) is 13.2. The van der Waals surface area contributed by atoms with E-state index in [1.54, 1.807) is 18.2 Å². The molecule has 1 heterocycles. The molecule has 0 aliphatic rings. The quantitative estimate of drug-likeness (QED) is 0.741. The highest BCUT2D eigenvalue weighted by Crippen LogP contribution is 2.24. The van der Waals surface area contributed by atoms with Crippen molar-refractivity contribution in [2.45, 2.75) is 6.61 Å². The van der Waals surface area contributed by atoms with E-state index in [1.165, 1.54) is 0 Å².